The zero-order chi connectivity index (χ0) is 15.6. The highest BCUT2D eigenvalue weighted by Crippen LogP contribution is 2.28. The molecule has 0 radical (unpaired) electrons. The van der Waals surface area contributed by atoms with E-state index in [-0.39, 0.29) is 18.2 Å². The lowest BCUT2D eigenvalue weighted by Gasteiger charge is -2.38. The molecule has 1 fully saturated rings. The molecule has 1 atom stereocenters. The smallest absolute Gasteiger partial charge is 0.407 e. The Bertz CT molecular complexity index is 492. The molecule has 118 valence electrons. The van der Waals surface area contributed by atoms with Crippen molar-refractivity contribution in [1.29, 1.82) is 0 Å². The molecule has 1 saturated carbocycles. The van der Waals surface area contributed by atoms with Crippen molar-refractivity contribution in [3.05, 3.63) is 21.3 Å². The quantitative estimate of drug-likeness (QED) is 0.873. The van der Waals surface area contributed by atoms with E-state index in [2.05, 4.69) is 22.9 Å². The molecule has 21 heavy (non-hydrogen) atoms. The van der Waals surface area contributed by atoms with Gasteiger partial charge in [-0.25, -0.2) is 4.79 Å². The third-order valence-corrected chi connectivity index (χ3v) is 4.54. The van der Waals surface area contributed by atoms with Crippen LogP contribution in [0, 0.1) is 0 Å². The topological polar surface area (TPSA) is 50.4 Å². The van der Waals surface area contributed by atoms with Crippen molar-refractivity contribution in [2.45, 2.75) is 64.3 Å². The molecule has 1 amide bonds. The lowest BCUT2D eigenvalue weighted by atomic mass is 9.86. The van der Waals surface area contributed by atoms with Crippen LogP contribution in [-0.2, 0) is 4.74 Å². The summed E-state index contributed by atoms with van der Waals surface area (Å²) in [6.07, 6.45) is 1.53. The molecule has 1 heterocycles. The summed E-state index contributed by atoms with van der Waals surface area (Å²) in [5.74, 6) is 0. The van der Waals surface area contributed by atoms with Gasteiger partial charge in [0.2, 0.25) is 0 Å². The van der Waals surface area contributed by atoms with Gasteiger partial charge in [-0.05, 0) is 57.5 Å². The SMILES string of the molecule is CC(NC1CC(NC(=O)OC(C)(C)C)C1)c1csc(Cl)c1. The third kappa shape index (κ3) is 5.16. The van der Waals surface area contributed by atoms with Crippen LogP contribution in [-0.4, -0.2) is 23.8 Å². The number of nitrogens with one attached hydrogen (secondary N) is 2. The van der Waals surface area contributed by atoms with E-state index >= 15 is 0 Å². The fraction of sp³-hybridized carbons (Fsp3) is 0.667. The van der Waals surface area contributed by atoms with E-state index in [1.165, 1.54) is 5.56 Å². The summed E-state index contributed by atoms with van der Waals surface area (Å²) < 4.78 is 6.07. The number of rotatable bonds is 4. The fourth-order valence-corrected chi connectivity index (χ4v) is 3.33. The maximum Gasteiger partial charge on any atom is 0.407 e. The molecule has 6 heteroatoms. The minimum absolute atomic E-state index is 0.204. The second kappa shape index (κ2) is 6.55. The summed E-state index contributed by atoms with van der Waals surface area (Å²) in [7, 11) is 0. The number of ether oxygens (including phenoxy) is 1. The Morgan fingerprint density at radius 1 is 1.43 bits per heavy atom. The Morgan fingerprint density at radius 2 is 2.10 bits per heavy atom. The molecule has 1 aliphatic carbocycles. The Kier molecular flexibility index (Phi) is 5.17. The van der Waals surface area contributed by atoms with Crippen molar-refractivity contribution in [3.8, 4) is 0 Å². The van der Waals surface area contributed by atoms with Gasteiger partial charge >= 0.3 is 6.09 Å². The highest BCUT2D eigenvalue weighted by molar-refractivity contribution is 7.14. The van der Waals surface area contributed by atoms with Crippen LogP contribution in [0.3, 0.4) is 0 Å². The Hall–Kier alpha value is -0.780. The van der Waals surface area contributed by atoms with E-state index in [1.807, 2.05) is 26.8 Å². The Labute approximate surface area is 135 Å². The molecule has 1 aromatic rings. The van der Waals surface area contributed by atoms with E-state index in [1.54, 1.807) is 11.3 Å². The highest BCUT2D eigenvalue weighted by atomic mass is 35.5. The Balaban J connectivity index is 1.68. The van der Waals surface area contributed by atoms with Crippen LogP contribution in [0.15, 0.2) is 11.4 Å². The van der Waals surface area contributed by atoms with Crippen LogP contribution in [0.25, 0.3) is 0 Å². The van der Waals surface area contributed by atoms with E-state index in [9.17, 15) is 4.79 Å². The van der Waals surface area contributed by atoms with Crippen molar-refractivity contribution in [1.82, 2.24) is 10.6 Å². The van der Waals surface area contributed by atoms with Crippen molar-refractivity contribution in [2.24, 2.45) is 0 Å². The van der Waals surface area contributed by atoms with Crippen LogP contribution < -0.4 is 10.6 Å². The summed E-state index contributed by atoms with van der Waals surface area (Å²) in [5.41, 5.74) is 0.770. The maximum atomic E-state index is 11.6. The van der Waals surface area contributed by atoms with Gasteiger partial charge in [-0.15, -0.1) is 11.3 Å². The molecular weight excluding hydrogens is 308 g/mol. The first-order valence-corrected chi connectivity index (χ1v) is 8.48. The molecule has 0 spiro atoms. The minimum atomic E-state index is -0.446. The van der Waals surface area contributed by atoms with Crippen molar-refractivity contribution in [2.75, 3.05) is 0 Å². The number of amides is 1. The monoisotopic (exact) mass is 330 g/mol. The summed E-state index contributed by atoms with van der Waals surface area (Å²) in [6, 6.07) is 2.91. The van der Waals surface area contributed by atoms with Gasteiger partial charge in [0.1, 0.15) is 5.60 Å². The predicted octanol–water partition coefficient (Wildman–Crippen LogP) is 4.11. The van der Waals surface area contributed by atoms with Gasteiger partial charge in [0.05, 0.1) is 4.34 Å². The van der Waals surface area contributed by atoms with Gasteiger partial charge < -0.3 is 15.4 Å². The average molecular weight is 331 g/mol. The van der Waals surface area contributed by atoms with Gasteiger partial charge in [0, 0.05) is 18.1 Å². The number of hydrogen-bond acceptors (Lipinski definition) is 4. The lowest BCUT2D eigenvalue weighted by molar-refractivity contribution is 0.0463. The van der Waals surface area contributed by atoms with Gasteiger partial charge in [0.15, 0.2) is 0 Å². The zero-order valence-electron chi connectivity index (χ0n) is 12.9. The van der Waals surface area contributed by atoms with E-state index < -0.39 is 5.60 Å². The van der Waals surface area contributed by atoms with Gasteiger partial charge in [-0.3, -0.25) is 0 Å². The van der Waals surface area contributed by atoms with Crippen molar-refractivity contribution in [3.63, 3.8) is 0 Å². The van der Waals surface area contributed by atoms with Gasteiger partial charge in [-0.1, -0.05) is 11.6 Å². The van der Waals surface area contributed by atoms with Crippen LogP contribution in [0.2, 0.25) is 4.34 Å². The molecule has 4 nitrogen and oxygen atoms in total. The number of carbonyl (C=O) groups is 1. The number of halogens is 1. The standard InChI is InChI=1S/C15H23ClN2O2S/c1-9(10-5-13(16)21-8-10)17-11-6-12(7-11)18-14(19)20-15(2,3)4/h5,8-9,11-12,17H,6-7H2,1-4H3,(H,18,19). The van der Waals surface area contributed by atoms with Crippen molar-refractivity contribution < 1.29 is 9.53 Å². The van der Waals surface area contributed by atoms with Gasteiger partial charge in [0.25, 0.3) is 0 Å². The van der Waals surface area contributed by atoms with E-state index in [0.29, 0.717) is 6.04 Å². The number of hydrogen-bond donors (Lipinski definition) is 2. The predicted molar refractivity (Wildman–Crippen MR) is 87.1 cm³/mol. The summed E-state index contributed by atoms with van der Waals surface area (Å²) in [4.78, 5) is 11.6. The summed E-state index contributed by atoms with van der Waals surface area (Å²) in [5, 5.41) is 8.53. The zero-order valence-corrected chi connectivity index (χ0v) is 14.5. The molecule has 2 N–H and O–H groups in total. The molecular formula is C15H23ClN2O2S. The first-order chi connectivity index (χ1) is 9.73. The molecule has 1 aliphatic rings. The molecule has 1 unspecified atom stereocenters. The Morgan fingerprint density at radius 3 is 2.62 bits per heavy atom. The second-order valence-corrected chi connectivity index (χ2v) is 8.13. The number of carbonyl (C=O) groups excluding carboxylic acids is 1. The van der Waals surface area contributed by atoms with E-state index in [4.69, 9.17) is 16.3 Å². The number of thiophene rings is 1. The minimum Gasteiger partial charge on any atom is -0.444 e. The first kappa shape index (κ1) is 16.6. The summed E-state index contributed by atoms with van der Waals surface area (Å²) in [6.45, 7) is 7.73. The van der Waals surface area contributed by atoms with E-state index in [0.717, 1.165) is 17.2 Å². The molecule has 0 aliphatic heterocycles. The third-order valence-electron chi connectivity index (χ3n) is 3.43. The summed E-state index contributed by atoms with van der Waals surface area (Å²) >= 11 is 7.50. The molecule has 0 saturated heterocycles. The van der Waals surface area contributed by atoms with Crippen LogP contribution in [0.1, 0.15) is 52.1 Å². The second-order valence-electron chi connectivity index (χ2n) is 6.58. The molecule has 0 bridgehead atoms. The average Bonchev–Trinajstić information content (AvgIpc) is 2.70. The lowest BCUT2D eigenvalue weighted by Crippen LogP contribution is -2.53. The first-order valence-electron chi connectivity index (χ1n) is 7.22. The largest absolute Gasteiger partial charge is 0.444 e. The molecule has 2 rings (SSSR count). The maximum absolute atomic E-state index is 11.6. The number of alkyl carbamates (subject to hydrolysis) is 1. The van der Waals surface area contributed by atoms with Crippen LogP contribution in [0.4, 0.5) is 4.79 Å². The van der Waals surface area contributed by atoms with Crippen LogP contribution in [0.5, 0.6) is 0 Å². The fourth-order valence-electron chi connectivity index (χ4n) is 2.35. The molecule has 1 aromatic heterocycles. The normalized spacial score (nSPS) is 23.3. The van der Waals surface area contributed by atoms with Gasteiger partial charge in [-0.2, -0.15) is 0 Å². The van der Waals surface area contributed by atoms with Crippen LogP contribution >= 0.6 is 22.9 Å². The highest BCUT2D eigenvalue weighted by Gasteiger charge is 2.32. The van der Waals surface area contributed by atoms with Crippen molar-refractivity contribution >= 4 is 29.0 Å². The molecule has 0 aromatic carbocycles.